The summed E-state index contributed by atoms with van der Waals surface area (Å²) in [6, 6.07) is -2.86. The van der Waals surface area contributed by atoms with Gasteiger partial charge in [-0.3, -0.25) is 19.2 Å². The van der Waals surface area contributed by atoms with Crippen molar-refractivity contribution in [1.29, 1.82) is 0 Å². The van der Waals surface area contributed by atoms with Gasteiger partial charge in [-0.25, -0.2) is 9.48 Å². The fraction of sp³-hybridized carbons (Fsp3) is 0.788. The summed E-state index contributed by atoms with van der Waals surface area (Å²) in [5, 5.41) is 27.9. The molecular weight excluding hydrogens is 620 g/mol. The van der Waals surface area contributed by atoms with Crippen LogP contribution in [0.25, 0.3) is 0 Å². The van der Waals surface area contributed by atoms with Crippen molar-refractivity contribution in [2.45, 2.75) is 139 Å². The van der Waals surface area contributed by atoms with Crippen molar-refractivity contribution >= 4 is 29.5 Å². The van der Waals surface area contributed by atoms with Crippen LogP contribution in [-0.4, -0.2) is 98.0 Å². The van der Waals surface area contributed by atoms with E-state index in [9.17, 15) is 29.1 Å². The number of urea groups is 1. The standard InChI is InChI=1S/C33H52N8O7/c1-32(2,47)26-19-35-39-41(26)23-18-25(29(44)38-33(27(42)28(34)43)13-15-48-16-14-33)40(20-23)30(45)24(17-21-9-5-3-6-10-21)37-31(46)36-22-11-7-4-8-12-22/h19,21-25,47H,3-18,20H2,1-2H3,(H2,34,43)(H,38,44)(H2,36,37,46)/t23?,24-,25?/m1/s1. The molecule has 2 unspecified atom stereocenters. The maximum atomic E-state index is 14.6. The first kappa shape index (κ1) is 35.7. The number of carbonyl (C=O) groups is 5. The molecule has 2 aliphatic heterocycles. The fourth-order valence-electron chi connectivity index (χ4n) is 7.93. The third-order valence-electron chi connectivity index (χ3n) is 10.6. The second kappa shape index (κ2) is 15.3. The lowest BCUT2D eigenvalue weighted by Crippen LogP contribution is -2.64. The first-order valence-electron chi connectivity index (χ1n) is 17.6. The van der Waals surface area contributed by atoms with Gasteiger partial charge in [0.2, 0.25) is 17.6 Å². The number of rotatable bonds is 11. The Morgan fingerprint density at radius 2 is 1.69 bits per heavy atom. The minimum atomic E-state index is -1.56. The van der Waals surface area contributed by atoms with Gasteiger partial charge >= 0.3 is 6.03 Å². The van der Waals surface area contributed by atoms with Gasteiger partial charge in [-0.1, -0.05) is 56.6 Å². The van der Waals surface area contributed by atoms with E-state index in [4.69, 9.17) is 10.5 Å². The largest absolute Gasteiger partial charge is 0.384 e. The van der Waals surface area contributed by atoms with Crippen LogP contribution in [0.1, 0.15) is 115 Å². The predicted octanol–water partition coefficient (Wildman–Crippen LogP) is 1.34. The smallest absolute Gasteiger partial charge is 0.315 e. The first-order chi connectivity index (χ1) is 22.9. The van der Waals surface area contributed by atoms with E-state index in [0.717, 1.165) is 64.2 Å². The van der Waals surface area contributed by atoms with Gasteiger partial charge < -0.3 is 36.4 Å². The van der Waals surface area contributed by atoms with Crippen molar-refractivity contribution in [1.82, 2.24) is 35.8 Å². The molecule has 15 nitrogen and oxygen atoms in total. The van der Waals surface area contributed by atoms with Gasteiger partial charge in [0.05, 0.1) is 17.9 Å². The van der Waals surface area contributed by atoms with E-state index in [2.05, 4.69) is 26.3 Å². The molecule has 6 N–H and O–H groups in total. The Balaban J connectivity index is 1.44. The third-order valence-corrected chi connectivity index (χ3v) is 10.6. The normalized spacial score (nSPS) is 24.4. The first-order valence-corrected chi connectivity index (χ1v) is 17.6. The maximum absolute atomic E-state index is 14.6. The molecule has 5 amide bonds. The molecule has 2 saturated carbocycles. The number of Topliss-reactive ketones (excluding diaryl/α,β-unsaturated/α-hetero) is 1. The summed E-state index contributed by atoms with van der Waals surface area (Å²) in [4.78, 5) is 68.8. The van der Waals surface area contributed by atoms with Crippen molar-refractivity contribution in [2.24, 2.45) is 11.7 Å². The monoisotopic (exact) mass is 672 g/mol. The molecule has 0 radical (unpaired) electrons. The number of ketones is 1. The molecule has 1 aromatic heterocycles. The average Bonchev–Trinajstić information content (AvgIpc) is 3.74. The van der Waals surface area contributed by atoms with E-state index in [-0.39, 0.29) is 51.0 Å². The van der Waals surface area contributed by atoms with Crippen LogP contribution in [-0.2, 0) is 29.5 Å². The number of nitrogens with one attached hydrogen (secondary N) is 3. The lowest BCUT2D eigenvalue weighted by molar-refractivity contribution is -0.147. The van der Waals surface area contributed by atoms with Crippen LogP contribution in [0.2, 0.25) is 0 Å². The molecule has 1 aromatic rings. The number of primary amides is 1. The van der Waals surface area contributed by atoms with Crippen LogP contribution in [0.5, 0.6) is 0 Å². The lowest BCUT2D eigenvalue weighted by atomic mass is 9.84. The van der Waals surface area contributed by atoms with Gasteiger partial charge in [0, 0.05) is 45.1 Å². The summed E-state index contributed by atoms with van der Waals surface area (Å²) in [5.74, 6) is -2.86. The number of hydrogen-bond acceptors (Lipinski definition) is 9. The van der Waals surface area contributed by atoms with Crippen LogP contribution in [0.4, 0.5) is 4.79 Å². The van der Waals surface area contributed by atoms with Crippen LogP contribution >= 0.6 is 0 Å². The van der Waals surface area contributed by atoms with Gasteiger partial charge in [-0.2, -0.15) is 0 Å². The fourth-order valence-corrected chi connectivity index (χ4v) is 7.93. The topological polar surface area (TPSA) is 211 Å². The molecule has 4 fully saturated rings. The molecule has 0 bridgehead atoms. The van der Waals surface area contributed by atoms with E-state index < -0.39 is 58.8 Å². The van der Waals surface area contributed by atoms with Crippen LogP contribution in [0.3, 0.4) is 0 Å². The molecule has 5 rings (SSSR count). The second-order valence-corrected chi connectivity index (χ2v) is 14.6. The number of ether oxygens (including phenoxy) is 1. The minimum Gasteiger partial charge on any atom is -0.384 e. The van der Waals surface area contributed by atoms with Gasteiger partial charge in [-0.05, 0) is 39.0 Å². The zero-order valence-electron chi connectivity index (χ0n) is 28.2. The summed E-state index contributed by atoms with van der Waals surface area (Å²) < 4.78 is 6.95. The number of aromatic nitrogens is 3. The van der Waals surface area contributed by atoms with Crippen molar-refractivity contribution in [3.63, 3.8) is 0 Å². The second-order valence-electron chi connectivity index (χ2n) is 14.6. The highest BCUT2D eigenvalue weighted by Gasteiger charge is 2.49. The van der Waals surface area contributed by atoms with Crippen molar-refractivity contribution in [3.8, 4) is 0 Å². The Bertz CT molecular complexity index is 1330. The number of amides is 5. The highest BCUT2D eigenvalue weighted by molar-refractivity contribution is 6.39. The summed E-state index contributed by atoms with van der Waals surface area (Å²) in [5.41, 5.74) is 2.96. The lowest BCUT2D eigenvalue weighted by Gasteiger charge is -2.37. The van der Waals surface area contributed by atoms with Crippen molar-refractivity contribution in [3.05, 3.63) is 11.9 Å². The Morgan fingerprint density at radius 3 is 2.31 bits per heavy atom. The Kier molecular flexibility index (Phi) is 11.4. The number of hydrogen-bond donors (Lipinski definition) is 5. The van der Waals surface area contributed by atoms with Gasteiger partial charge in [-0.15, -0.1) is 5.10 Å². The molecule has 2 saturated heterocycles. The Labute approximate surface area is 281 Å². The molecule has 0 aromatic carbocycles. The number of likely N-dealkylation sites (tertiary alicyclic amines) is 1. The van der Waals surface area contributed by atoms with Gasteiger partial charge in [0.25, 0.3) is 5.91 Å². The highest BCUT2D eigenvalue weighted by atomic mass is 16.5. The van der Waals surface area contributed by atoms with Crippen molar-refractivity contribution in [2.75, 3.05) is 19.8 Å². The summed E-state index contributed by atoms with van der Waals surface area (Å²) >= 11 is 0. The minimum absolute atomic E-state index is 0.0462. The van der Waals surface area contributed by atoms with E-state index >= 15 is 0 Å². The molecule has 15 heteroatoms. The molecule has 266 valence electrons. The average molecular weight is 673 g/mol. The highest BCUT2D eigenvalue weighted by Crippen LogP contribution is 2.34. The number of aliphatic hydroxyl groups is 1. The molecule has 4 aliphatic rings. The quantitative estimate of drug-likeness (QED) is 0.214. The Hall–Kier alpha value is -3.59. The molecule has 0 spiro atoms. The third kappa shape index (κ3) is 8.33. The number of nitrogens with zero attached hydrogens (tertiary/aromatic N) is 4. The van der Waals surface area contributed by atoms with E-state index in [1.54, 1.807) is 13.8 Å². The summed E-state index contributed by atoms with van der Waals surface area (Å²) in [6.07, 6.45) is 12.3. The molecule has 3 heterocycles. The number of nitrogens with two attached hydrogens (primary N) is 1. The maximum Gasteiger partial charge on any atom is 0.315 e. The molecule has 48 heavy (non-hydrogen) atoms. The van der Waals surface area contributed by atoms with Crippen LogP contribution < -0.4 is 21.7 Å². The summed E-state index contributed by atoms with van der Waals surface area (Å²) in [6.45, 7) is 3.54. The Morgan fingerprint density at radius 1 is 1.04 bits per heavy atom. The SMILES string of the molecule is CC(C)(O)c1cnnn1C1CC(C(=O)NC2(C(=O)C(N)=O)CCOCC2)N(C(=O)[C@@H](CC2CCCCC2)NC(=O)NC2CCCCC2)C1. The molecule has 2 aliphatic carbocycles. The van der Waals surface area contributed by atoms with Gasteiger partial charge in [0.1, 0.15) is 23.2 Å². The molecule has 3 atom stereocenters. The number of carbonyl (C=O) groups excluding carboxylic acids is 5. The van der Waals surface area contributed by atoms with Gasteiger partial charge in [0.15, 0.2) is 0 Å². The molecular formula is C33H52N8O7. The van der Waals surface area contributed by atoms with E-state index in [0.29, 0.717) is 12.1 Å². The van der Waals surface area contributed by atoms with E-state index in [1.807, 2.05) is 0 Å². The zero-order chi connectivity index (χ0) is 34.5. The summed E-state index contributed by atoms with van der Waals surface area (Å²) in [7, 11) is 0. The zero-order valence-corrected chi connectivity index (χ0v) is 28.2. The van der Waals surface area contributed by atoms with Crippen molar-refractivity contribution < 1.29 is 33.8 Å². The predicted molar refractivity (Wildman–Crippen MR) is 173 cm³/mol. The van der Waals surface area contributed by atoms with E-state index in [1.165, 1.54) is 15.8 Å². The van der Waals surface area contributed by atoms with Crippen LogP contribution in [0.15, 0.2) is 6.20 Å². The van der Waals surface area contributed by atoms with Crippen LogP contribution in [0, 0.1) is 5.92 Å².